The summed E-state index contributed by atoms with van der Waals surface area (Å²) in [7, 11) is 0. The van der Waals surface area contributed by atoms with Crippen LogP contribution in [0, 0.1) is 11.8 Å². The van der Waals surface area contributed by atoms with Gasteiger partial charge in [-0.05, 0) is 49.3 Å². The van der Waals surface area contributed by atoms with E-state index in [0.717, 1.165) is 24.8 Å². The highest BCUT2D eigenvalue weighted by molar-refractivity contribution is 5.23. The maximum Gasteiger partial charge on any atom is 0.0607 e. The Bertz CT molecular complexity index is 381. The molecule has 1 N–H and O–H groups in total. The highest BCUT2D eigenvalue weighted by Gasteiger charge is 2.28. The van der Waals surface area contributed by atoms with E-state index in [2.05, 4.69) is 38.2 Å². The lowest BCUT2D eigenvalue weighted by molar-refractivity contribution is 0.230. The van der Waals surface area contributed by atoms with E-state index in [-0.39, 0.29) is 0 Å². The normalized spacial score (nSPS) is 25.2. The molecule has 2 rings (SSSR count). The van der Waals surface area contributed by atoms with Crippen LogP contribution in [0.5, 0.6) is 0 Å². The Labute approximate surface area is 118 Å². The van der Waals surface area contributed by atoms with Crippen LogP contribution in [0.3, 0.4) is 0 Å². The lowest BCUT2D eigenvalue weighted by atomic mass is 9.77. The SMILES string of the molecule is CCNC(c1ncccc1CC)C1CCC(C)CC1. The van der Waals surface area contributed by atoms with Crippen molar-refractivity contribution >= 4 is 0 Å². The summed E-state index contributed by atoms with van der Waals surface area (Å²) in [5.74, 6) is 1.67. The van der Waals surface area contributed by atoms with Gasteiger partial charge in [0.1, 0.15) is 0 Å². The molecule has 0 saturated heterocycles. The molecule has 2 nitrogen and oxygen atoms in total. The summed E-state index contributed by atoms with van der Waals surface area (Å²) in [6.45, 7) is 7.84. The first-order chi connectivity index (χ1) is 9.26. The van der Waals surface area contributed by atoms with Gasteiger partial charge in [-0.3, -0.25) is 4.98 Å². The number of hydrogen-bond acceptors (Lipinski definition) is 2. The van der Waals surface area contributed by atoms with E-state index in [4.69, 9.17) is 4.98 Å². The van der Waals surface area contributed by atoms with Gasteiger partial charge in [-0.25, -0.2) is 0 Å². The summed E-state index contributed by atoms with van der Waals surface area (Å²) in [6, 6.07) is 4.75. The topological polar surface area (TPSA) is 24.9 Å². The van der Waals surface area contributed by atoms with Gasteiger partial charge in [0.2, 0.25) is 0 Å². The Hall–Kier alpha value is -0.890. The minimum absolute atomic E-state index is 0.452. The van der Waals surface area contributed by atoms with Crippen LogP contribution in [0.25, 0.3) is 0 Å². The van der Waals surface area contributed by atoms with Gasteiger partial charge in [0.05, 0.1) is 11.7 Å². The predicted molar refractivity (Wildman–Crippen MR) is 81.2 cm³/mol. The second kappa shape index (κ2) is 7.04. The van der Waals surface area contributed by atoms with Gasteiger partial charge in [-0.15, -0.1) is 0 Å². The minimum atomic E-state index is 0.452. The number of hydrogen-bond donors (Lipinski definition) is 1. The van der Waals surface area contributed by atoms with E-state index in [9.17, 15) is 0 Å². The lowest BCUT2D eigenvalue weighted by Crippen LogP contribution is -2.32. The fraction of sp³-hybridized carbons (Fsp3) is 0.706. The summed E-state index contributed by atoms with van der Waals surface area (Å²) in [4.78, 5) is 4.70. The number of pyridine rings is 1. The average Bonchev–Trinajstić information content (AvgIpc) is 2.46. The van der Waals surface area contributed by atoms with Crippen molar-refractivity contribution in [1.29, 1.82) is 0 Å². The summed E-state index contributed by atoms with van der Waals surface area (Å²) in [6.07, 6.45) is 8.47. The zero-order valence-corrected chi connectivity index (χ0v) is 12.7. The molecule has 1 aromatic heterocycles. The van der Waals surface area contributed by atoms with Crippen LogP contribution in [0.4, 0.5) is 0 Å². The third-order valence-corrected chi connectivity index (χ3v) is 4.56. The molecule has 0 spiro atoms. The fourth-order valence-electron chi connectivity index (χ4n) is 3.36. The molecule has 2 heteroatoms. The molecule has 1 atom stereocenters. The van der Waals surface area contributed by atoms with Crippen LogP contribution in [-0.2, 0) is 6.42 Å². The van der Waals surface area contributed by atoms with Gasteiger partial charge < -0.3 is 5.32 Å². The Morgan fingerprint density at radius 3 is 2.63 bits per heavy atom. The Morgan fingerprint density at radius 1 is 1.26 bits per heavy atom. The van der Waals surface area contributed by atoms with Crippen molar-refractivity contribution in [2.75, 3.05) is 6.54 Å². The molecule has 1 heterocycles. The second-order valence-electron chi connectivity index (χ2n) is 5.96. The smallest absolute Gasteiger partial charge is 0.0607 e. The third-order valence-electron chi connectivity index (χ3n) is 4.56. The molecular weight excluding hydrogens is 232 g/mol. The molecule has 19 heavy (non-hydrogen) atoms. The van der Waals surface area contributed by atoms with Crippen LogP contribution < -0.4 is 5.32 Å². The molecular formula is C17H28N2. The molecule has 0 aliphatic heterocycles. The Balaban J connectivity index is 2.19. The van der Waals surface area contributed by atoms with Gasteiger partial charge in [0.15, 0.2) is 0 Å². The molecule has 106 valence electrons. The molecule has 1 aliphatic rings. The van der Waals surface area contributed by atoms with Gasteiger partial charge >= 0.3 is 0 Å². The van der Waals surface area contributed by atoms with Gasteiger partial charge in [-0.1, -0.05) is 39.7 Å². The largest absolute Gasteiger partial charge is 0.309 e. The van der Waals surface area contributed by atoms with Crippen LogP contribution >= 0.6 is 0 Å². The molecule has 0 aromatic carbocycles. The Morgan fingerprint density at radius 2 is 2.00 bits per heavy atom. The monoisotopic (exact) mass is 260 g/mol. The number of aryl methyl sites for hydroxylation is 1. The standard InChI is InChI=1S/C17H28N2/c1-4-14-7-6-12-19-16(14)17(18-5-2)15-10-8-13(3)9-11-15/h6-7,12-13,15,17-18H,4-5,8-11H2,1-3H3. The summed E-state index contributed by atoms with van der Waals surface area (Å²) >= 11 is 0. The summed E-state index contributed by atoms with van der Waals surface area (Å²) < 4.78 is 0. The maximum absolute atomic E-state index is 4.70. The van der Waals surface area contributed by atoms with Gasteiger partial charge in [-0.2, -0.15) is 0 Å². The Kier molecular flexibility index (Phi) is 5.38. The van der Waals surface area contributed by atoms with Crippen molar-refractivity contribution in [3.63, 3.8) is 0 Å². The van der Waals surface area contributed by atoms with Crippen molar-refractivity contribution in [1.82, 2.24) is 10.3 Å². The van der Waals surface area contributed by atoms with Crippen molar-refractivity contribution in [2.24, 2.45) is 11.8 Å². The predicted octanol–water partition coefficient (Wildman–Crippen LogP) is 4.12. The third kappa shape index (κ3) is 3.56. The van der Waals surface area contributed by atoms with Crippen LogP contribution in [0.1, 0.15) is 63.8 Å². The highest BCUT2D eigenvalue weighted by atomic mass is 14.9. The zero-order valence-electron chi connectivity index (χ0n) is 12.7. The van der Waals surface area contributed by atoms with Crippen molar-refractivity contribution in [2.45, 2.75) is 58.9 Å². The molecule has 1 aliphatic carbocycles. The summed E-state index contributed by atoms with van der Waals surface area (Å²) in [5, 5.41) is 3.70. The molecule has 1 saturated carbocycles. The van der Waals surface area contributed by atoms with Crippen LogP contribution in [0.2, 0.25) is 0 Å². The van der Waals surface area contributed by atoms with E-state index >= 15 is 0 Å². The van der Waals surface area contributed by atoms with E-state index in [0.29, 0.717) is 6.04 Å². The van der Waals surface area contributed by atoms with Crippen molar-refractivity contribution in [3.05, 3.63) is 29.6 Å². The zero-order chi connectivity index (χ0) is 13.7. The summed E-state index contributed by atoms with van der Waals surface area (Å²) in [5.41, 5.74) is 2.71. The van der Waals surface area contributed by atoms with E-state index in [1.165, 1.54) is 36.9 Å². The number of nitrogens with zero attached hydrogens (tertiary/aromatic N) is 1. The first-order valence-corrected chi connectivity index (χ1v) is 7.93. The van der Waals surface area contributed by atoms with Crippen molar-refractivity contribution < 1.29 is 0 Å². The minimum Gasteiger partial charge on any atom is -0.309 e. The van der Waals surface area contributed by atoms with Crippen molar-refractivity contribution in [3.8, 4) is 0 Å². The molecule has 1 unspecified atom stereocenters. The molecule has 1 aromatic rings. The van der Waals surface area contributed by atoms with E-state index in [1.54, 1.807) is 0 Å². The average molecular weight is 260 g/mol. The molecule has 0 amide bonds. The van der Waals surface area contributed by atoms with Crippen LogP contribution in [0.15, 0.2) is 18.3 Å². The quantitative estimate of drug-likeness (QED) is 0.861. The molecule has 0 bridgehead atoms. The van der Waals surface area contributed by atoms with Gasteiger partial charge in [0, 0.05) is 6.20 Å². The van der Waals surface area contributed by atoms with Gasteiger partial charge in [0.25, 0.3) is 0 Å². The van der Waals surface area contributed by atoms with Crippen LogP contribution in [-0.4, -0.2) is 11.5 Å². The number of rotatable bonds is 5. The first-order valence-electron chi connectivity index (χ1n) is 7.93. The molecule has 0 radical (unpaired) electrons. The number of aromatic nitrogens is 1. The first kappa shape index (κ1) is 14.5. The molecule has 1 fully saturated rings. The number of nitrogens with one attached hydrogen (secondary N) is 1. The second-order valence-corrected chi connectivity index (χ2v) is 5.96. The maximum atomic E-state index is 4.70. The fourth-order valence-corrected chi connectivity index (χ4v) is 3.36. The highest BCUT2D eigenvalue weighted by Crippen LogP contribution is 2.37. The van der Waals surface area contributed by atoms with E-state index in [1.807, 2.05) is 6.20 Å². The lowest BCUT2D eigenvalue weighted by Gasteiger charge is -2.33. The van der Waals surface area contributed by atoms with E-state index < -0.39 is 0 Å².